The van der Waals surface area contributed by atoms with Crippen molar-refractivity contribution < 1.29 is 78.4 Å². The Morgan fingerprint density at radius 3 is 2.10 bits per heavy atom. The maximum atomic E-state index is 13.5. The number of terminal acetylenes is 1. The summed E-state index contributed by atoms with van der Waals surface area (Å²) in [6, 6.07) is -5.82. The standard InChI is InChI=1S/C41H69N5O16/c1-5-7-8-9-15-28(38(57)45-30(24-49)39(58)46-34(25(3)50)40(59)44-29(23-48)31(51)12-6-2)43-33(53)22-27(14-11-18-47)13-10-16-32(52)42-17-19-60-20-21-61-41-37(56)36(55)35(54)26(4)62-41/h2,18,25-30,34-37,41,48-50,54-56H,5,7-17,19-24H2,1,3-4H3,(H,42,52)(H,43,53)(H,44,59)(H,45,57)(H,46,58)/t25-,26+,27?,28+,29-,30-,34+,35+,36-,37-,41-/m1/s1. The summed E-state index contributed by atoms with van der Waals surface area (Å²) in [5, 5.41) is 71.7. The van der Waals surface area contributed by atoms with Crippen LogP contribution >= 0.6 is 0 Å². The third-order valence-electron chi connectivity index (χ3n) is 10.1. The first-order chi connectivity index (χ1) is 29.5. The van der Waals surface area contributed by atoms with Gasteiger partial charge in [0.25, 0.3) is 0 Å². The van der Waals surface area contributed by atoms with Gasteiger partial charge in [-0.15, -0.1) is 6.42 Å². The largest absolute Gasteiger partial charge is 0.394 e. The van der Waals surface area contributed by atoms with Crippen molar-refractivity contribution in [3.05, 3.63) is 0 Å². The maximum absolute atomic E-state index is 13.5. The van der Waals surface area contributed by atoms with E-state index in [2.05, 4.69) is 32.5 Å². The normalized spacial score (nSPS) is 21.5. The van der Waals surface area contributed by atoms with Crippen molar-refractivity contribution in [2.45, 2.75) is 159 Å². The number of carbonyl (C=O) groups is 7. The van der Waals surface area contributed by atoms with Crippen molar-refractivity contribution in [1.29, 1.82) is 0 Å². The van der Waals surface area contributed by atoms with E-state index >= 15 is 0 Å². The first kappa shape index (κ1) is 55.9. The topological polar surface area (TPSA) is 329 Å². The number of aliphatic hydroxyl groups excluding tert-OH is 6. The monoisotopic (exact) mass is 887 g/mol. The van der Waals surface area contributed by atoms with E-state index in [-0.39, 0.29) is 63.9 Å². The molecule has 21 nitrogen and oxygen atoms in total. The van der Waals surface area contributed by atoms with Crippen LogP contribution in [0.5, 0.6) is 0 Å². The second kappa shape index (κ2) is 31.7. The van der Waals surface area contributed by atoms with Crippen molar-refractivity contribution in [2.75, 3.05) is 39.6 Å². The summed E-state index contributed by atoms with van der Waals surface area (Å²) in [6.07, 6.45) is 2.59. The molecule has 1 aliphatic heterocycles. The minimum Gasteiger partial charge on any atom is -0.394 e. The number of hydrogen-bond acceptors (Lipinski definition) is 16. The molecule has 5 amide bonds. The maximum Gasteiger partial charge on any atom is 0.245 e. The van der Waals surface area contributed by atoms with Gasteiger partial charge in [-0.25, -0.2) is 0 Å². The highest BCUT2D eigenvalue weighted by Crippen LogP contribution is 2.22. The molecule has 21 heteroatoms. The van der Waals surface area contributed by atoms with Crippen LogP contribution in [-0.4, -0.2) is 173 Å². The number of amides is 5. The van der Waals surface area contributed by atoms with Crippen molar-refractivity contribution in [1.82, 2.24) is 26.6 Å². The Hall–Kier alpha value is -4.11. The van der Waals surface area contributed by atoms with Crippen LogP contribution in [0.15, 0.2) is 0 Å². The highest BCUT2D eigenvalue weighted by atomic mass is 16.7. The molecule has 62 heavy (non-hydrogen) atoms. The number of aliphatic hydroxyl groups is 6. The lowest BCUT2D eigenvalue weighted by atomic mass is 9.93. The molecule has 0 saturated carbocycles. The van der Waals surface area contributed by atoms with Gasteiger partial charge in [0.05, 0.1) is 51.7 Å². The van der Waals surface area contributed by atoms with E-state index in [1.807, 2.05) is 6.92 Å². The Labute approximate surface area is 362 Å². The molecule has 0 aromatic heterocycles. The third-order valence-corrected chi connectivity index (χ3v) is 10.1. The molecule has 0 aromatic rings. The van der Waals surface area contributed by atoms with E-state index in [9.17, 15) is 64.2 Å². The average Bonchev–Trinajstić information content (AvgIpc) is 3.23. The first-order valence-corrected chi connectivity index (χ1v) is 21.2. The summed E-state index contributed by atoms with van der Waals surface area (Å²) in [6.45, 7) is 3.46. The lowest BCUT2D eigenvalue weighted by Gasteiger charge is -2.38. The molecule has 0 aromatic carbocycles. The van der Waals surface area contributed by atoms with E-state index in [4.69, 9.17) is 20.6 Å². The van der Waals surface area contributed by atoms with Crippen LogP contribution in [0.25, 0.3) is 0 Å². The van der Waals surface area contributed by atoms with Crippen LogP contribution in [0.2, 0.25) is 0 Å². The number of carbonyl (C=O) groups excluding carboxylic acids is 7. The molecule has 1 saturated heterocycles. The number of hydrogen-bond donors (Lipinski definition) is 11. The number of unbranched alkanes of at least 4 members (excludes halogenated alkanes) is 3. The molecular weight excluding hydrogens is 818 g/mol. The zero-order valence-corrected chi connectivity index (χ0v) is 36.0. The average molecular weight is 888 g/mol. The molecule has 0 bridgehead atoms. The number of ketones is 1. The van der Waals surface area contributed by atoms with Gasteiger partial charge in [0, 0.05) is 25.8 Å². The van der Waals surface area contributed by atoms with Crippen molar-refractivity contribution in [2.24, 2.45) is 5.92 Å². The van der Waals surface area contributed by atoms with Gasteiger partial charge in [-0.2, -0.15) is 0 Å². The van der Waals surface area contributed by atoms with Gasteiger partial charge in [-0.05, 0) is 45.4 Å². The van der Waals surface area contributed by atoms with E-state index in [0.717, 1.165) is 25.5 Å². The van der Waals surface area contributed by atoms with Gasteiger partial charge in [0.15, 0.2) is 12.1 Å². The van der Waals surface area contributed by atoms with Gasteiger partial charge < -0.3 is 76.2 Å². The number of rotatable bonds is 33. The Morgan fingerprint density at radius 2 is 1.47 bits per heavy atom. The summed E-state index contributed by atoms with van der Waals surface area (Å²) in [5.41, 5.74) is 0. The van der Waals surface area contributed by atoms with Gasteiger partial charge in [-0.3, -0.25) is 28.8 Å². The smallest absolute Gasteiger partial charge is 0.245 e. The number of nitrogens with one attached hydrogen (secondary N) is 5. The summed E-state index contributed by atoms with van der Waals surface area (Å²) in [7, 11) is 0. The molecule has 0 spiro atoms. The molecule has 11 atom stereocenters. The number of aldehydes is 1. The van der Waals surface area contributed by atoms with Crippen LogP contribution < -0.4 is 26.6 Å². The van der Waals surface area contributed by atoms with Gasteiger partial charge in [0.2, 0.25) is 29.5 Å². The zero-order valence-electron chi connectivity index (χ0n) is 36.0. The Morgan fingerprint density at radius 1 is 0.790 bits per heavy atom. The number of Topliss-reactive ketones (excluding diaryl/α,β-unsaturated/α-hetero) is 1. The molecule has 1 heterocycles. The van der Waals surface area contributed by atoms with Crippen LogP contribution in [0.4, 0.5) is 0 Å². The van der Waals surface area contributed by atoms with Crippen LogP contribution in [-0.2, 0) is 47.8 Å². The van der Waals surface area contributed by atoms with Gasteiger partial charge >= 0.3 is 0 Å². The highest BCUT2D eigenvalue weighted by molar-refractivity contribution is 5.96. The van der Waals surface area contributed by atoms with E-state index < -0.39 is 110 Å². The summed E-state index contributed by atoms with van der Waals surface area (Å²) in [4.78, 5) is 88.6. The summed E-state index contributed by atoms with van der Waals surface area (Å²) in [5.74, 6) is -2.57. The van der Waals surface area contributed by atoms with Crippen molar-refractivity contribution in [3.63, 3.8) is 0 Å². The first-order valence-electron chi connectivity index (χ1n) is 21.2. The van der Waals surface area contributed by atoms with Crippen LogP contribution in [0.1, 0.15) is 97.8 Å². The molecule has 1 aliphatic rings. The van der Waals surface area contributed by atoms with Gasteiger partial charge in [0.1, 0.15) is 48.8 Å². The number of ether oxygens (including phenoxy) is 3. The molecule has 0 radical (unpaired) electrons. The van der Waals surface area contributed by atoms with Crippen molar-refractivity contribution in [3.8, 4) is 12.3 Å². The third kappa shape index (κ3) is 21.3. The Balaban J connectivity index is 2.73. The minimum absolute atomic E-state index is 0.0204. The predicted molar refractivity (Wildman–Crippen MR) is 220 cm³/mol. The predicted octanol–water partition coefficient (Wildman–Crippen LogP) is -3.01. The molecule has 11 N–H and O–H groups in total. The van der Waals surface area contributed by atoms with E-state index in [0.29, 0.717) is 25.7 Å². The molecular formula is C41H69N5O16. The molecule has 1 fully saturated rings. The molecule has 1 rings (SSSR count). The Kier molecular flexibility index (Phi) is 28.6. The lowest BCUT2D eigenvalue weighted by Crippen LogP contribution is -2.61. The van der Waals surface area contributed by atoms with Crippen molar-refractivity contribution >= 4 is 41.6 Å². The SMILES string of the molecule is C#CCC(=O)[C@@H](CO)NC(=O)[C@@H](NC(=O)[C@@H](CO)NC(=O)[C@H](CCCCCC)NC(=O)CC(CCC=O)CCCC(=O)NCCOCCO[C@@H]1O[C@@H](C)[C@H](O)[C@@H](O)[C@H]1O)[C@@H](C)O. The molecule has 0 aliphatic carbocycles. The second-order valence-electron chi connectivity index (χ2n) is 15.3. The fourth-order valence-corrected chi connectivity index (χ4v) is 6.43. The zero-order chi connectivity index (χ0) is 46.6. The highest BCUT2D eigenvalue weighted by Gasteiger charge is 2.42. The minimum atomic E-state index is -1.66. The van der Waals surface area contributed by atoms with Crippen LogP contribution in [0, 0.1) is 18.3 Å². The quantitative estimate of drug-likeness (QED) is 0.0178. The lowest BCUT2D eigenvalue weighted by molar-refractivity contribution is -0.294. The Bertz CT molecular complexity index is 1430. The molecule has 1 unspecified atom stereocenters. The van der Waals surface area contributed by atoms with E-state index in [1.165, 1.54) is 13.8 Å². The summed E-state index contributed by atoms with van der Waals surface area (Å²) < 4.78 is 16.2. The fourth-order valence-electron chi connectivity index (χ4n) is 6.43. The van der Waals surface area contributed by atoms with E-state index in [1.54, 1.807) is 0 Å². The van der Waals surface area contributed by atoms with Gasteiger partial charge in [-0.1, -0.05) is 38.5 Å². The second-order valence-corrected chi connectivity index (χ2v) is 15.3. The van der Waals surface area contributed by atoms with Crippen LogP contribution in [0.3, 0.4) is 0 Å². The summed E-state index contributed by atoms with van der Waals surface area (Å²) >= 11 is 0. The molecule has 354 valence electrons. The fraction of sp³-hybridized carbons (Fsp3) is 0.780.